The standard InChI is InChI=1S/C26H29F3N4O3S/c1-32-11-8-19(16-32)31-23-13-18(14-24-21(23)9-12-33(24)17-26(27,28)29)5-4-10-30-22-7-6-20(37(3,34)35)15-25(22)36-2/h6-7,9,12-15,19,30-31H,8,10-11,16-17H2,1-3H3. The number of benzene rings is 2. The van der Waals surface area contributed by atoms with Crippen LogP contribution in [0.5, 0.6) is 5.75 Å². The van der Waals surface area contributed by atoms with Gasteiger partial charge in [0.05, 0.1) is 29.8 Å². The molecule has 7 nitrogen and oxygen atoms in total. The highest BCUT2D eigenvalue weighted by Gasteiger charge is 2.29. The second kappa shape index (κ2) is 10.6. The third-order valence-electron chi connectivity index (χ3n) is 6.19. The largest absolute Gasteiger partial charge is 0.495 e. The highest BCUT2D eigenvalue weighted by Crippen LogP contribution is 2.31. The zero-order chi connectivity index (χ0) is 26.8. The molecule has 198 valence electrons. The van der Waals surface area contributed by atoms with E-state index in [9.17, 15) is 21.6 Å². The van der Waals surface area contributed by atoms with Crippen molar-refractivity contribution in [3.05, 3.63) is 48.2 Å². The predicted molar refractivity (Wildman–Crippen MR) is 139 cm³/mol. The molecule has 0 bridgehead atoms. The maximum atomic E-state index is 13.2. The number of sulfone groups is 1. The number of likely N-dealkylation sites (tertiary alicyclic amines) is 1. The van der Waals surface area contributed by atoms with Gasteiger partial charge in [0.25, 0.3) is 0 Å². The Balaban J connectivity index is 1.59. The SMILES string of the molecule is COc1cc(S(C)(=O)=O)ccc1NCC#Cc1cc(NC2CCN(C)C2)c2ccn(CC(F)(F)F)c2c1. The number of alkyl halides is 3. The minimum Gasteiger partial charge on any atom is -0.495 e. The quantitative estimate of drug-likeness (QED) is 0.443. The Morgan fingerprint density at radius 3 is 2.59 bits per heavy atom. The Morgan fingerprint density at radius 1 is 1.16 bits per heavy atom. The van der Waals surface area contributed by atoms with Crippen molar-refractivity contribution < 1.29 is 26.3 Å². The summed E-state index contributed by atoms with van der Waals surface area (Å²) in [6.07, 6.45) is -0.822. The minimum atomic E-state index is -4.34. The van der Waals surface area contributed by atoms with Crippen LogP contribution < -0.4 is 15.4 Å². The van der Waals surface area contributed by atoms with E-state index in [1.54, 1.807) is 18.2 Å². The van der Waals surface area contributed by atoms with Crippen molar-refractivity contribution in [2.75, 3.05) is 50.7 Å². The number of anilines is 2. The monoisotopic (exact) mass is 534 g/mol. The number of hydrogen-bond donors (Lipinski definition) is 2. The van der Waals surface area contributed by atoms with Gasteiger partial charge in [-0.05, 0) is 50.3 Å². The lowest BCUT2D eigenvalue weighted by Gasteiger charge is -2.16. The lowest BCUT2D eigenvalue weighted by atomic mass is 10.1. The summed E-state index contributed by atoms with van der Waals surface area (Å²) in [7, 11) is 0.108. The summed E-state index contributed by atoms with van der Waals surface area (Å²) in [5, 5.41) is 7.31. The van der Waals surface area contributed by atoms with E-state index < -0.39 is 22.6 Å². The first kappa shape index (κ1) is 26.7. The number of rotatable bonds is 7. The molecule has 1 aliphatic heterocycles. The number of ether oxygens (including phenoxy) is 1. The molecule has 0 spiro atoms. The van der Waals surface area contributed by atoms with Gasteiger partial charge in [-0.1, -0.05) is 11.8 Å². The van der Waals surface area contributed by atoms with Gasteiger partial charge in [0.1, 0.15) is 12.3 Å². The highest BCUT2D eigenvalue weighted by molar-refractivity contribution is 7.90. The molecule has 3 aromatic rings. The van der Waals surface area contributed by atoms with E-state index >= 15 is 0 Å². The van der Waals surface area contributed by atoms with Gasteiger partial charge in [-0.15, -0.1) is 0 Å². The molecule has 4 rings (SSSR count). The van der Waals surface area contributed by atoms with Gasteiger partial charge in [0.15, 0.2) is 9.84 Å². The van der Waals surface area contributed by atoms with Crippen LogP contribution in [-0.4, -0.2) is 70.2 Å². The molecule has 0 radical (unpaired) electrons. The van der Waals surface area contributed by atoms with Crippen LogP contribution in [0.3, 0.4) is 0 Å². The van der Waals surface area contributed by atoms with Crippen LogP contribution >= 0.6 is 0 Å². The Kier molecular flexibility index (Phi) is 7.62. The summed E-state index contributed by atoms with van der Waals surface area (Å²) < 4.78 is 69.5. The van der Waals surface area contributed by atoms with E-state index in [4.69, 9.17) is 4.74 Å². The lowest BCUT2D eigenvalue weighted by Crippen LogP contribution is -2.23. The number of aromatic nitrogens is 1. The third-order valence-corrected chi connectivity index (χ3v) is 7.30. The van der Waals surface area contributed by atoms with Crippen LogP contribution in [0.15, 0.2) is 47.5 Å². The van der Waals surface area contributed by atoms with Gasteiger partial charge in [-0.3, -0.25) is 0 Å². The normalized spacial score (nSPS) is 16.4. The second-order valence-corrected chi connectivity index (χ2v) is 11.2. The lowest BCUT2D eigenvalue weighted by molar-refractivity contribution is -0.139. The molecule has 2 aromatic carbocycles. The molecule has 0 saturated carbocycles. The molecule has 37 heavy (non-hydrogen) atoms. The molecular formula is C26H29F3N4O3S. The molecule has 0 aliphatic carbocycles. The third kappa shape index (κ3) is 6.70. The molecule has 1 saturated heterocycles. The van der Waals surface area contributed by atoms with Crippen LogP contribution in [0.1, 0.15) is 12.0 Å². The average Bonchev–Trinajstić information content (AvgIpc) is 3.40. The summed E-state index contributed by atoms with van der Waals surface area (Å²) >= 11 is 0. The van der Waals surface area contributed by atoms with Gasteiger partial charge in [-0.25, -0.2) is 8.42 Å². The van der Waals surface area contributed by atoms with Crippen molar-refractivity contribution in [3.8, 4) is 17.6 Å². The Labute approximate surface area is 214 Å². The molecule has 11 heteroatoms. The van der Waals surface area contributed by atoms with E-state index in [1.807, 2.05) is 13.1 Å². The van der Waals surface area contributed by atoms with Crippen LogP contribution in [-0.2, 0) is 16.4 Å². The van der Waals surface area contributed by atoms with Crippen molar-refractivity contribution in [1.82, 2.24) is 9.47 Å². The molecule has 1 unspecified atom stereocenters. The van der Waals surface area contributed by atoms with Crippen LogP contribution in [0.25, 0.3) is 10.9 Å². The van der Waals surface area contributed by atoms with Crippen molar-refractivity contribution in [1.29, 1.82) is 0 Å². The van der Waals surface area contributed by atoms with E-state index in [0.717, 1.165) is 36.8 Å². The smallest absolute Gasteiger partial charge is 0.406 e. The first-order valence-electron chi connectivity index (χ1n) is 11.7. The van der Waals surface area contributed by atoms with Crippen molar-refractivity contribution in [3.63, 3.8) is 0 Å². The van der Waals surface area contributed by atoms with Crippen LogP contribution in [0.2, 0.25) is 0 Å². The van der Waals surface area contributed by atoms with E-state index in [0.29, 0.717) is 22.5 Å². The maximum Gasteiger partial charge on any atom is 0.406 e. The van der Waals surface area contributed by atoms with Crippen molar-refractivity contribution >= 4 is 32.1 Å². The number of nitrogens with one attached hydrogen (secondary N) is 2. The zero-order valence-electron chi connectivity index (χ0n) is 20.8. The Morgan fingerprint density at radius 2 is 1.95 bits per heavy atom. The van der Waals surface area contributed by atoms with Gasteiger partial charge in [-0.2, -0.15) is 13.2 Å². The highest BCUT2D eigenvalue weighted by atomic mass is 32.2. The fraction of sp³-hybridized carbons (Fsp3) is 0.385. The number of likely N-dealkylation sites (N-methyl/N-ethyl adjacent to an activating group) is 1. The number of fused-ring (bicyclic) bond motifs is 1. The van der Waals surface area contributed by atoms with E-state index in [1.165, 1.54) is 30.0 Å². The van der Waals surface area contributed by atoms with E-state index in [2.05, 4.69) is 27.4 Å². The molecule has 1 aliphatic rings. The summed E-state index contributed by atoms with van der Waals surface area (Å²) in [5.41, 5.74) is 2.38. The number of hydrogen-bond acceptors (Lipinski definition) is 6. The predicted octanol–water partition coefficient (Wildman–Crippen LogP) is 4.20. The van der Waals surface area contributed by atoms with Gasteiger partial charge >= 0.3 is 6.18 Å². The maximum absolute atomic E-state index is 13.2. The molecule has 1 atom stereocenters. The average molecular weight is 535 g/mol. The van der Waals surface area contributed by atoms with Crippen molar-refractivity contribution in [2.24, 2.45) is 0 Å². The zero-order valence-corrected chi connectivity index (χ0v) is 21.6. The molecular weight excluding hydrogens is 505 g/mol. The Bertz CT molecular complexity index is 1460. The first-order chi connectivity index (χ1) is 17.4. The first-order valence-corrected chi connectivity index (χ1v) is 13.6. The number of methoxy groups -OCH3 is 1. The summed E-state index contributed by atoms with van der Waals surface area (Å²) in [6.45, 7) is 0.941. The number of nitrogens with zero attached hydrogens (tertiary/aromatic N) is 2. The topological polar surface area (TPSA) is 75.6 Å². The molecule has 2 N–H and O–H groups in total. The second-order valence-electron chi connectivity index (χ2n) is 9.20. The van der Waals surface area contributed by atoms with Crippen LogP contribution in [0.4, 0.5) is 24.5 Å². The summed E-state index contributed by atoms with van der Waals surface area (Å²) in [6, 6.07) is 9.96. The molecule has 0 amide bonds. The van der Waals surface area contributed by atoms with Gasteiger partial charge in [0, 0.05) is 47.7 Å². The van der Waals surface area contributed by atoms with Gasteiger partial charge < -0.3 is 24.8 Å². The van der Waals surface area contributed by atoms with Crippen molar-refractivity contribution in [2.45, 2.75) is 30.1 Å². The molecule has 2 heterocycles. The minimum absolute atomic E-state index is 0.143. The fourth-order valence-electron chi connectivity index (χ4n) is 4.42. The number of halogens is 3. The Hall–Kier alpha value is -3.36. The van der Waals surface area contributed by atoms with Gasteiger partial charge in [0.2, 0.25) is 0 Å². The molecule has 1 aromatic heterocycles. The van der Waals surface area contributed by atoms with E-state index in [-0.39, 0.29) is 17.5 Å². The summed E-state index contributed by atoms with van der Waals surface area (Å²) in [4.78, 5) is 2.35. The fourth-order valence-corrected chi connectivity index (χ4v) is 5.06. The summed E-state index contributed by atoms with van der Waals surface area (Å²) in [5.74, 6) is 6.40. The van der Waals surface area contributed by atoms with Crippen LogP contribution in [0, 0.1) is 11.8 Å². The molecule has 1 fully saturated rings.